The van der Waals surface area contributed by atoms with Crippen LogP contribution < -0.4 is 5.32 Å². The normalized spacial score (nSPS) is 12.6. The molecule has 0 rings (SSSR count). The maximum atomic E-state index is 12.5. The second kappa shape index (κ2) is 58.7. The first-order valence-electron chi connectivity index (χ1n) is 31.2. The number of rotatable bonds is 59. The summed E-state index contributed by atoms with van der Waals surface area (Å²) in [6.45, 7) is 4.42. The van der Waals surface area contributed by atoms with Crippen LogP contribution in [0.15, 0.2) is 0 Å². The number of hydrogen-bond acceptors (Lipinski definition) is 3. The van der Waals surface area contributed by atoms with Gasteiger partial charge < -0.3 is 15.5 Å². The minimum atomic E-state index is -0.656. The van der Waals surface area contributed by atoms with E-state index in [0.717, 1.165) is 25.7 Å². The standard InChI is InChI=1S/C62H125NO3/c1-3-5-7-9-11-13-15-17-19-21-23-25-27-29-31-32-34-36-38-40-42-44-46-48-50-52-54-56-58-62(66)63-60(59-64)61(65)57-55-53-51-49-47-45-43-41-39-37-35-33-30-28-26-24-22-20-18-16-14-12-10-8-6-4-2/h60-61,64-65H,3-59H2,1-2H3,(H,63,66). The Morgan fingerprint density at radius 3 is 0.682 bits per heavy atom. The van der Waals surface area contributed by atoms with Gasteiger partial charge in [-0.3, -0.25) is 4.79 Å². The van der Waals surface area contributed by atoms with Gasteiger partial charge in [-0.25, -0.2) is 0 Å². The summed E-state index contributed by atoms with van der Waals surface area (Å²) < 4.78 is 0. The Hall–Kier alpha value is -0.610. The van der Waals surface area contributed by atoms with Crippen molar-refractivity contribution in [2.75, 3.05) is 6.61 Å². The molecule has 0 saturated heterocycles. The molecule has 0 fully saturated rings. The van der Waals surface area contributed by atoms with E-state index in [0.29, 0.717) is 12.8 Å². The van der Waals surface area contributed by atoms with Crippen LogP contribution in [0.4, 0.5) is 0 Å². The largest absolute Gasteiger partial charge is 0.394 e. The summed E-state index contributed by atoms with van der Waals surface area (Å²) in [6.07, 6.45) is 75.5. The fourth-order valence-electron chi connectivity index (χ4n) is 10.4. The van der Waals surface area contributed by atoms with E-state index in [1.54, 1.807) is 0 Å². The third kappa shape index (κ3) is 54.3. The zero-order valence-electron chi connectivity index (χ0n) is 45.8. The highest BCUT2D eigenvalue weighted by atomic mass is 16.3. The molecule has 66 heavy (non-hydrogen) atoms. The Morgan fingerprint density at radius 2 is 0.485 bits per heavy atom. The van der Waals surface area contributed by atoms with Gasteiger partial charge in [0.05, 0.1) is 18.8 Å². The lowest BCUT2D eigenvalue weighted by Gasteiger charge is -2.22. The lowest BCUT2D eigenvalue weighted by Crippen LogP contribution is -2.45. The Balaban J connectivity index is 3.38. The predicted molar refractivity (Wildman–Crippen MR) is 295 cm³/mol. The van der Waals surface area contributed by atoms with E-state index in [4.69, 9.17) is 0 Å². The summed E-state index contributed by atoms with van der Waals surface area (Å²) in [6, 6.07) is -0.532. The van der Waals surface area contributed by atoms with Gasteiger partial charge in [0.2, 0.25) is 5.91 Å². The Labute approximate surface area is 416 Å². The SMILES string of the molecule is CCCCCCCCCCCCCCCCCCCCCCCCCCCCCCC(=O)NC(CO)C(O)CCCCCCCCCCCCCCCCCCCCCCCCCCCC. The molecule has 0 aromatic carbocycles. The van der Waals surface area contributed by atoms with Crippen molar-refractivity contribution in [1.29, 1.82) is 0 Å². The van der Waals surface area contributed by atoms with Gasteiger partial charge in [-0.2, -0.15) is 0 Å². The van der Waals surface area contributed by atoms with Crippen molar-refractivity contribution < 1.29 is 15.0 Å². The van der Waals surface area contributed by atoms with Gasteiger partial charge in [0, 0.05) is 6.42 Å². The molecule has 396 valence electrons. The average molecular weight is 933 g/mol. The molecule has 0 saturated carbocycles. The van der Waals surface area contributed by atoms with Crippen LogP contribution in [0, 0.1) is 0 Å². The zero-order chi connectivity index (χ0) is 47.7. The Kier molecular flexibility index (Phi) is 58.2. The summed E-state index contributed by atoms with van der Waals surface area (Å²) in [5, 5.41) is 23.4. The first-order chi connectivity index (χ1) is 32.7. The number of carbonyl (C=O) groups is 1. The third-order valence-electron chi connectivity index (χ3n) is 15.1. The number of aliphatic hydroxyl groups is 2. The van der Waals surface area contributed by atoms with Gasteiger partial charge in [0.15, 0.2) is 0 Å². The molecule has 3 N–H and O–H groups in total. The fourth-order valence-corrected chi connectivity index (χ4v) is 10.4. The van der Waals surface area contributed by atoms with Gasteiger partial charge in [0.1, 0.15) is 0 Å². The quantitative estimate of drug-likeness (QED) is 0.0532. The molecule has 4 nitrogen and oxygen atoms in total. The van der Waals surface area contributed by atoms with Gasteiger partial charge in [-0.1, -0.05) is 354 Å². The summed E-state index contributed by atoms with van der Waals surface area (Å²) in [5.74, 6) is -0.0204. The molecule has 4 heteroatoms. The van der Waals surface area contributed by atoms with Crippen molar-refractivity contribution in [1.82, 2.24) is 5.32 Å². The van der Waals surface area contributed by atoms with Crippen LogP contribution in [0.1, 0.15) is 373 Å². The molecule has 0 bridgehead atoms. The van der Waals surface area contributed by atoms with Crippen LogP contribution in [-0.4, -0.2) is 34.9 Å². The van der Waals surface area contributed by atoms with Crippen molar-refractivity contribution in [3.63, 3.8) is 0 Å². The van der Waals surface area contributed by atoms with Crippen LogP contribution in [-0.2, 0) is 4.79 Å². The Bertz CT molecular complexity index is 879. The second-order valence-corrected chi connectivity index (χ2v) is 21.8. The van der Waals surface area contributed by atoms with Gasteiger partial charge in [-0.15, -0.1) is 0 Å². The van der Waals surface area contributed by atoms with Gasteiger partial charge in [-0.05, 0) is 12.8 Å². The zero-order valence-corrected chi connectivity index (χ0v) is 45.8. The maximum Gasteiger partial charge on any atom is 0.220 e. The van der Waals surface area contributed by atoms with E-state index in [9.17, 15) is 15.0 Å². The number of carbonyl (C=O) groups excluding carboxylic acids is 1. The number of nitrogens with one attached hydrogen (secondary N) is 1. The van der Waals surface area contributed by atoms with Gasteiger partial charge >= 0.3 is 0 Å². The molecule has 0 aromatic rings. The minimum Gasteiger partial charge on any atom is -0.394 e. The first kappa shape index (κ1) is 65.4. The van der Waals surface area contributed by atoms with E-state index >= 15 is 0 Å². The molecule has 0 spiro atoms. The maximum absolute atomic E-state index is 12.5. The van der Waals surface area contributed by atoms with E-state index in [2.05, 4.69) is 19.2 Å². The van der Waals surface area contributed by atoms with Crippen molar-refractivity contribution in [2.24, 2.45) is 0 Å². The second-order valence-electron chi connectivity index (χ2n) is 21.8. The molecule has 0 aliphatic carbocycles. The van der Waals surface area contributed by atoms with Crippen LogP contribution in [0.3, 0.4) is 0 Å². The molecular formula is C62H125NO3. The van der Waals surface area contributed by atoms with Crippen LogP contribution >= 0.6 is 0 Å². The van der Waals surface area contributed by atoms with Crippen molar-refractivity contribution in [3.05, 3.63) is 0 Å². The fraction of sp³-hybridized carbons (Fsp3) is 0.984. The van der Waals surface area contributed by atoms with Crippen LogP contribution in [0.2, 0.25) is 0 Å². The highest BCUT2D eigenvalue weighted by Crippen LogP contribution is 2.19. The predicted octanol–water partition coefficient (Wildman–Crippen LogP) is 20.7. The molecule has 0 aromatic heterocycles. The highest BCUT2D eigenvalue weighted by Gasteiger charge is 2.20. The van der Waals surface area contributed by atoms with E-state index in [1.807, 2.05) is 0 Å². The molecule has 0 aliphatic heterocycles. The molecule has 2 atom stereocenters. The van der Waals surface area contributed by atoms with Crippen molar-refractivity contribution in [2.45, 2.75) is 386 Å². The Morgan fingerprint density at radius 1 is 0.303 bits per heavy atom. The van der Waals surface area contributed by atoms with Crippen LogP contribution in [0.25, 0.3) is 0 Å². The monoisotopic (exact) mass is 932 g/mol. The summed E-state index contributed by atoms with van der Waals surface area (Å²) in [4.78, 5) is 12.5. The summed E-state index contributed by atoms with van der Waals surface area (Å²) in [7, 11) is 0. The van der Waals surface area contributed by atoms with Crippen molar-refractivity contribution in [3.8, 4) is 0 Å². The number of hydrogen-bond donors (Lipinski definition) is 3. The number of unbranched alkanes of at least 4 members (excludes halogenated alkanes) is 52. The van der Waals surface area contributed by atoms with Gasteiger partial charge in [0.25, 0.3) is 0 Å². The number of amides is 1. The topological polar surface area (TPSA) is 69.6 Å². The lowest BCUT2D eigenvalue weighted by molar-refractivity contribution is -0.123. The molecule has 0 aliphatic rings. The smallest absolute Gasteiger partial charge is 0.220 e. The minimum absolute atomic E-state index is 0.0204. The number of aliphatic hydroxyl groups excluding tert-OH is 2. The third-order valence-corrected chi connectivity index (χ3v) is 15.1. The molecule has 2 unspecified atom stereocenters. The van der Waals surface area contributed by atoms with E-state index in [-0.39, 0.29) is 12.5 Å². The summed E-state index contributed by atoms with van der Waals surface area (Å²) in [5.41, 5.74) is 0. The molecule has 0 radical (unpaired) electrons. The molecule has 0 heterocycles. The van der Waals surface area contributed by atoms with Crippen LogP contribution in [0.5, 0.6) is 0 Å². The van der Waals surface area contributed by atoms with E-state index in [1.165, 1.54) is 321 Å². The van der Waals surface area contributed by atoms with E-state index < -0.39 is 12.1 Å². The summed E-state index contributed by atoms with van der Waals surface area (Å²) >= 11 is 0. The first-order valence-corrected chi connectivity index (χ1v) is 31.2. The highest BCUT2D eigenvalue weighted by molar-refractivity contribution is 5.76. The lowest BCUT2D eigenvalue weighted by atomic mass is 10.0. The van der Waals surface area contributed by atoms with Crippen molar-refractivity contribution >= 4 is 5.91 Å². The molecular weight excluding hydrogens is 807 g/mol. The average Bonchev–Trinajstić information content (AvgIpc) is 3.32. The molecule has 1 amide bonds.